The fraction of sp³-hybridized carbons (Fsp3) is 0.429. The molecule has 0 saturated carbocycles. The van der Waals surface area contributed by atoms with Crippen LogP contribution in [0.15, 0.2) is 18.2 Å². The van der Waals surface area contributed by atoms with Crippen LogP contribution in [0, 0.1) is 23.1 Å². The van der Waals surface area contributed by atoms with Crippen LogP contribution in [0.1, 0.15) is 24.8 Å². The molecule has 0 aliphatic carbocycles. The van der Waals surface area contributed by atoms with Gasteiger partial charge in [-0.05, 0) is 50.0 Å². The highest BCUT2D eigenvalue weighted by molar-refractivity contribution is 5.92. The highest BCUT2D eigenvalue weighted by Gasteiger charge is 2.16. The van der Waals surface area contributed by atoms with Gasteiger partial charge >= 0.3 is 0 Å². The number of nitrogens with zero attached hydrogens (tertiary/aromatic N) is 1. The summed E-state index contributed by atoms with van der Waals surface area (Å²) in [6.45, 7) is 1.98. The first kappa shape index (κ1) is 13.5. The van der Waals surface area contributed by atoms with Crippen molar-refractivity contribution in [2.45, 2.75) is 19.3 Å². The summed E-state index contributed by atoms with van der Waals surface area (Å²) >= 11 is 0. The maximum absolute atomic E-state index is 13.0. The third kappa shape index (κ3) is 3.76. The second-order valence-electron chi connectivity index (χ2n) is 4.75. The van der Waals surface area contributed by atoms with Crippen molar-refractivity contribution in [3.8, 4) is 6.07 Å². The Kier molecular flexibility index (Phi) is 4.48. The third-order valence-electron chi connectivity index (χ3n) is 3.32. The van der Waals surface area contributed by atoms with E-state index in [9.17, 15) is 9.18 Å². The zero-order valence-electron chi connectivity index (χ0n) is 10.6. The number of nitrogens with one attached hydrogen (secondary N) is 2. The minimum Gasteiger partial charge on any atom is -0.325 e. The van der Waals surface area contributed by atoms with E-state index in [1.165, 1.54) is 12.1 Å². The van der Waals surface area contributed by atoms with Gasteiger partial charge < -0.3 is 10.6 Å². The lowest BCUT2D eigenvalue weighted by Crippen LogP contribution is -2.15. The topological polar surface area (TPSA) is 64.9 Å². The lowest BCUT2D eigenvalue weighted by atomic mass is 10.0. The fourth-order valence-corrected chi connectivity index (χ4v) is 2.23. The lowest BCUT2D eigenvalue weighted by molar-refractivity contribution is -0.116. The van der Waals surface area contributed by atoms with E-state index in [1.807, 2.05) is 6.07 Å². The molecule has 0 spiro atoms. The van der Waals surface area contributed by atoms with Gasteiger partial charge in [-0.1, -0.05) is 0 Å². The van der Waals surface area contributed by atoms with Crippen molar-refractivity contribution in [3.05, 3.63) is 29.6 Å². The molecule has 1 aromatic carbocycles. The van der Waals surface area contributed by atoms with E-state index in [2.05, 4.69) is 10.6 Å². The number of nitriles is 1. The molecule has 0 bridgehead atoms. The summed E-state index contributed by atoms with van der Waals surface area (Å²) in [7, 11) is 0. The Morgan fingerprint density at radius 2 is 2.42 bits per heavy atom. The minimum absolute atomic E-state index is 0.130. The van der Waals surface area contributed by atoms with Gasteiger partial charge in [0.2, 0.25) is 5.91 Å². The molecular formula is C14H16FN3O. The smallest absolute Gasteiger partial charge is 0.224 e. The van der Waals surface area contributed by atoms with E-state index in [4.69, 9.17) is 5.26 Å². The van der Waals surface area contributed by atoms with Crippen molar-refractivity contribution in [1.29, 1.82) is 5.26 Å². The normalized spacial score (nSPS) is 18.0. The summed E-state index contributed by atoms with van der Waals surface area (Å²) < 4.78 is 13.0. The number of carbonyl (C=O) groups is 1. The van der Waals surface area contributed by atoms with Crippen molar-refractivity contribution in [2.24, 2.45) is 5.92 Å². The van der Waals surface area contributed by atoms with Gasteiger partial charge in [-0.2, -0.15) is 5.26 Å². The zero-order chi connectivity index (χ0) is 13.7. The molecule has 19 heavy (non-hydrogen) atoms. The second-order valence-corrected chi connectivity index (χ2v) is 4.75. The van der Waals surface area contributed by atoms with Crippen LogP contribution < -0.4 is 10.6 Å². The summed E-state index contributed by atoms with van der Waals surface area (Å²) in [4.78, 5) is 11.8. The summed E-state index contributed by atoms with van der Waals surface area (Å²) in [5.74, 6) is -0.0593. The molecule has 1 aromatic rings. The van der Waals surface area contributed by atoms with Crippen LogP contribution in [0.25, 0.3) is 0 Å². The molecule has 1 heterocycles. The summed E-state index contributed by atoms with van der Waals surface area (Å²) in [6, 6.07) is 5.65. The number of hydrogen-bond donors (Lipinski definition) is 2. The molecule has 1 atom stereocenters. The monoisotopic (exact) mass is 261 g/mol. The van der Waals surface area contributed by atoms with Crippen molar-refractivity contribution in [1.82, 2.24) is 5.32 Å². The Bertz CT molecular complexity index is 504. The number of amides is 1. The van der Waals surface area contributed by atoms with Crippen LogP contribution in [0.3, 0.4) is 0 Å². The van der Waals surface area contributed by atoms with Crippen molar-refractivity contribution in [3.63, 3.8) is 0 Å². The average Bonchev–Trinajstić information content (AvgIpc) is 2.91. The van der Waals surface area contributed by atoms with Gasteiger partial charge in [-0.25, -0.2) is 4.39 Å². The number of rotatable bonds is 4. The second kappa shape index (κ2) is 6.30. The van der Waals surface area contributed by atoms with Gasteiger partial charge in [0.05, 0.1) is 11.3 Å². The number of hydrogen-bond acceptors (Lipinski definition) is 3. The van der Waals surface area contributed by atoms with Crippen LogP contribution in [0.4, 0.5) is 10.1 Å². The Hall–Kier alpha value is -1.93. The molecule has 5 heteroatoms. The lowest BCUT2D eigenvalue weighted by Gasteiger charge is -2.09. The summed E-state index contributed by atoms with van der Waals surface area (Å²) in [5, 5.41) is 14.8. The molecule has 1 aliphatic heterocycles. The molecular weight excluding hydrogens is 245 g/mol. The van der Waals surface area contributed by atoms with Gasteiger partial charge in [0.1, 0.15) is 11.9 Å². The molecule has 0 radical (unpaired) electrons. The van der Waals surface area contributed by atoms with Gasteiger partial charge in [-0.3, -0.25) is 4.79 Å². The molecule has 1 amide bonds. The maximum Gasteiger partial charge on any atom is 0.224 e. The molecule has 1 saturated heterocycles. The zero-order valence-corrected chi connectivity index (χ0v) is 10.6. The molecule has 100 valence electrons. The SMILES string of the molecule is N#Cc1cc(F)ccc1NC(=O)CCC1CCNC1. The van der Waals surface area contributed by atoms with Crippen LogP contribution >= 0.6 is 0 Å². The van der Waals surface area contributed by atoms with Crippen LogP contribution in [0.5, 0.6) is 0 Å². The molecule has 1 aliphatic rings. The quantitative estimate of drug-likeness (QED) is 0.871. The van der Waals surface area contributed by atoms with Crippen LogP contribution in [-0.2, 0) is 4.79 Å². The maximum atomic E-state index is 13.0. The number of benzene rings is 1. The van der Waals surface area contributed by atoms with Gasteiger partial charge in [-0.15, -0.1) is 0 Å². The largest absolute Gasteiger partial charge is 0.325 e. The number of carbonyl (C=O) groups excluding carboxylic acids is 1. The highest BCUT2D eigenvalue weighted by Crippen LogP contribution is 2.18. The molecule has 0 aromatic heterocycles. The third-order valence-corrected chi connectivity index (χ3v) is 3.32. The van der Waals surface area contributed by atoms with Crippen molar-refractivity contribution >= 4 is 11.6 Å². The summed E-state index contributed by atoms with van der Waals surface area (Å²) in [5.41, 5.74) is 0.523. The highest BCUT2D eigenvalue weighted by atomic mass is 19.1. The first-order chi connectivity index (χ1) is 9.19. The first-order valence-electron chi connectivity index (χ1n) is 6.39. The van der Waals surface area contributed by atoms with E-state index in [1.54, 1.807) is 0 Å². The van der Waals surface area contributed by atoms with Crippen LogP contribution in [-0.4, -0.2) is 19.0 Å². The molecule has 1 fully saturated rings. The molecule has 4 nitrogen and oxygen atoms in total. The Balaban J connectivity index is 1.89. The molecule has 2 rings (SSSR count). The van der Waals surface area contributed by atoms with E-state index < -0.39 is 5.82 Å². The number of anilines is 1. The average molecular weight is 261 g/mol. The Labute approximate surface area is 111 Å². The van der Waals surface area contributed by atoms with Gasteiger partial charge in [0.25, 0.3) is 0 Å². The fourth-order valence-electron chi connectivity index (χ4n) is 2.23. The Morgan fingerprint density at radius 1 is 1.58 bits per heavy atom. The van der Waals surface area contributed by atoms with E-state index in [0.717, 1.165) is 32.0 Å². The minimum atomic E-state index is -0.480. The predicted molar refractivity (Wildman–Crippen MR) is 70.0 cm³/mol. The van der Waals surface area contributed by atoms with E-state index in [0.29, 0.717) is 18.0 Å². The standard InChI is InChI=1S/C14H16FN3O/c15-12-2-3-13(11(7-12)8-16)18-14(19)4-1-10-5-6-17-9-10/h2-3,7,10,17H,1,4-6,9H2,(H,18,19). The first-order valence-corrected chi connectivity index (χ1v) is 6.39. The van der Waals surface area contributed by atoms with Gasteiger partial charge in [0.15, 0.2) is 0 Å². The van der Waals surface area contributed by atoms with E-state index in [-0.39, 0.29) is 11.5 Å². The van der Waals surface area contributed by atoms with Crippen molar-refractivity contribution < 1.29 is 9.18 Å². The Morgan fingerprint density at radius 3 is 3.11 bits per heavy atom. The molecule has 2 N–H and O–H groups in total. The number of halogens is 1. The molecule has 1 unspecified atom stereocenters. The van der Waals surface area contributed by atoms with Gasteiger partial charge in [0, 0.05) is 6.42 Å². The van der Waals surface area contributed by atoms with Crippen LogP contribution in [0.2, 0.25) is 0 Å². The predicted octanol–water partition coefficient (Wildman–Crippen LogP) is 2.03. The summed E-state index contributed by atoms with van der Waals surface area (Å²) in [6.07, 6.45) is 2.36. The van der Waals surface area contributed by atoms with Crippen molar-refractivity contribution in [2.75, 3.05) is 18.4 Å². The van der Waals surface area contributed by atoms with E-state index >= 15 is 0 Å².